The highest BCUT2D eigenvalue weighted by Gasteiger charge is 2.42. The van der Waals surface area contributed by atoms with E-state index >= 15 is 0 Å². The van der Waals surface area contributed by atoms with E-state index in [-0.39, 0.29) is 16.9 Å². The highest BCUT2D eigenvalue weighted by atomic mass is 32.2. The van der Waals surface area contributed by atoms with Gasteiger partial charge < -0.3 is 14.6 Å². The first kappa shape index (κ1) is 15.7. The van der Waals surface area contributed by atoms with Crippen molar-refractivity contribution >= 4 is 17.5 Å². The molecule has 0 bridgehead atoms. The summed E-state index contributed by atoms with van der Waals surface area (Å²) < 4.78 is 13.2. The van der Waals surface area contributed by atoms with E-state index in [4.69, 9.17) is 9.47 Å². The molecule has 2 aliphatic rings. The smallest absolute Gasteiger partial charge is 0.277 e. The van der Waals surface area contributed by atoms with Gasteiger partial charge in [-0.05, 0) is 25.1 Å². The minimum absolute atomic E-state index is 0.155. The number of nitrogens with one attached hydrogen (secondary N) is 1. The van der Waals surface area contributed by atoms with Gasteiger partial charge in [-0.2, -0.15) is 0 Å². The zero-order chi connectivity index (χ0) is 16.7. The van der Waals surface area contributed by atoms with Crippen molar-refractivity contribution in [2.24, 2.45) is 0 Å². The molecule has 6 nitrogen and oxygen atoms in total. The molecule has 4 rings (SSSR count). The zero-order valence-electron chi connectivity index (χ0n) is 13.3. The number of thioether (sulfide) groups is 1. The van der Waals surface area contributed by atoms with Gasteiger partial charge in [0.2, 0.25) is 0 Å². The number of carbonyl (C=O) groups is 1. The number of H-pyrrole nitrogens is 1. The van der Waals surface area contributed by atoms with Gasteiger partial charge in [-0.25, -0.2) is 0 Å². The maximum Gasteiger partial charge on any atom is 0.277 e. The lowest BCUT2D eigenvalue weighted by Gasteiger charge is -2.33. The second kappa shape index (κ2) is 5.91. The molecule has 2 aromatic rings. The summed E-state index contributed by atoms with van der Waals surface area (Å²) in [6.45, 7) is 3.46. The number of aromatic nitrogens is 2. The summed E-state index contributed by atoms with van der Waals surface area (Å²) in [7, 11) is 0. The number of ether oxygens (including phenoxy) is 2. The van der Waals surface area contributed by atoms with Crippen molar-refractivity contribution in [3.63, 3.8) is 0 Å². The van der Waals surface area contributed by atoms with Crippen LogP contribution in [0.15, 0.2) is 34.1 Å². The van der Waals surface area contributed by atoms with Crippen LogP contribution in [-0.2, 0) is 21.8 Å². The normalized spacial score (nSPS) is 18.7. The van der Waals surface area contributed by atoms with Crippen LogP contribution in [0.4, 0.5) is 0 Å². The van der Waals surface area contributed by atoms with E-state index in [1.807, 2.05) is 19.1 Å². The highest BCUT2D eigenvalue weighted by molar-refractivity contribution is 7.99. The summed E-state index contributed by atoms with van der Waals surface area (Å²) in [6, 6.07) is 5.51. The number of nitrogens with zero attached hydrogens (tertiary/aromatic N) is 1. The Morgan fingerprint density at radius 2 is 2.17 bits per heavy atom. The van der Waals surface area contributed by atoms with Gasteiger partial charge in [0.1, 0.15) is 5.56 Å². The third kappa shape index (κ3) is 2.35. The van der Waals surface area contributed by atoms with Crippen molar-refractivity contribution in [3.8, 4) is 0 Å². The maximum atomic E-state index is 12.8. The Hall–Kier alpha value is -1.83. The molecule has 1 fully saturated rings. The Bertz CT molecular complexity index is 849. The summed E-state index contributed by atoms with van der Waals surface area (Å²) in [4.78, 5) is 26.0. The van der Waals surface area contributed by atoms with E-state index in [1.165, 1.54) is 10.9 Å². The molecule has 1 N–H and O–H groups in total. The van der Waals surface area contributed by atoms with Crippen molar-refractivity contribution in [3.05, 3.63) is 51.4 Å². The monoisotopic (exact) mass is 346 g/mol. The van der Waals surface area contributed by atoms with Crippen molar-refractivity contribution in [2.75, 3.05) is 19.0 Å². The van der Waals surface area contributed by atoms with Crippen molar-refractivity contribution < 1.29 is 14.3 Å². The third-order valence-electron chi connectivity index (χ3n) is 4.50. The predicted molar refractivity (Wildman–Crippen MR) is 89.5 cm³/mol. The molecule has 0 amide bonds. The molecule has 1 aromatic heterocycles. The van der Waals surface area contributed by atoms with Gasteiger partial charge in [-0.3, -0.25) is 14.3 Å². The van der Waals surface area contributed by atoms with E-state index in [0.29, 0.717) is 25.3 Å². The SMILES string of the molecule is CCn1[nH]cc(C(=O)c2ccc3c(c2)C2(CCS3)OCCO2)c1=O. The van der Waals surface area contributed by atoms with Gasteiger partial charge in [-0.15, -0.1) is 11.8 Å². The van der Waals surface area contributed by atoms with Gasteiger partial charge in [0.15, 0.2) is 11.6 Å². The predicted octanol–water partition coefficient (Wildman–Crippen LogP) is 2.12. The Morgan fingerprint density at radius 3 is 2.88 bits per heavy atom. The molecule has 24 heavy (non-hydrogen) atoms. The number of carbonyl (C=O) groups excluding carboxylic acids is 1. The fourth-order valence-corrected chi connectivity index (χ4v) is 4.37. The lowest BCUT2D eigenvalue weighted by atomic mass is 9.97. The van der Waals surface area contributed by atoms with E-state index in [0.717, 1.165) is 22.6 Å². The number of rotatable bonds is 3. The van der Waals surface area contributed by atoms with Crippen LogP contribution in [0.5, 0.6) is 0 Å². The molecule has 3 heterocycles. The molecule has 0 unspecified atom stereocenters. The second-order valence-corrected chi connectivity index (χ2v) is 6.96. The van der Waals surface area contributed by atoms with Gasteiger partial charge in [0, 0.05) is 40.9 Å². The Kier molecular flexibility index (Phi) is 3.86. The number of ketones is 1. The fraction of sp³-hybridized carbons (Fsp3) is 0.412. The molecule has 2 aliphatic heterocycles. The van der Waals surface area contributed by atoms with E-state index in [2.05, 4.69) is 5.10 Å². The first-order chi connectivity index (χ1) is 11.6. The van der Waals surface area contributed by atoms with Crippen LogP contribution in [-0.4, -0.2) is 34.5 Å². The summed E-state index contributed by atoms with van der Waals surface area (Å²) in [5.41, 5.74) is 1.24. The van der Waals surface area contributed by atoms with Crippen molar-refractivity contribution in [1.82, 2.24) is 9.78 Å². The number of hydrogen-bond acceptors (Lipinski definition) is 5. The summed E-state index contributed by atoms with van der Waals surface area (Å²) in [5.74, 6) is -0.104. The van der Waals surface area contributed by atoms with Gasteiger partial charge in [0.05, 0.1) is 13.2 Å². The second-order valence-electron chi connectivity index (χ2n) is 5.82. The molecule has 0 saturated carbocycles. The van der Waals surface area contributed by atoms with E-state index in [9.17, 15) is 9.59 Å². The van der Waals surface area contributed by atoms with Crippen LogP contribution in [0.3, 0.4) is 0 Å². The Balaban J connectivity index is 1.76. The summed E-state index contributed by atoms with van der Waals surface area (Å²) in [6.07, 6.45) is 2.23. The van der Waals surface area contributed by atoms with E-state index < -0.39 is 5.79 Å². The highest BCUT2D eigenvalue weighted by Crippen LogP contribution is 2.45. The molecular formula is C17H18N2O4S. The molecule has 0 atom stereocenters. The lowest BCUT2D eigenvalue weighted by Crippen LogP contribution is -2.31. The van der Waals surface area contributed by atoms with E-state index in [1.54, 1.807) is 17.8 Å². The minimum atomic E-state index is -0.737. The van der Waals surface area contributed by atoms with Crippen molar-refractivity contribution in [2.45, 2.75) is 30.6 Å². The number of fused-ring (bicyclic) bond motifs is 2. The van der Waals surface area contributed by atoms with Crippen LogP contribution in [0.25, 0.3) is 0 Å². The summed E-state index contributed by atoms with van der Waals surface area (Å²) >= 11 is 1.73. The topological polar surface area (TPSA) is 73.3 Å². The summed E-state index contributed by atoms with van der Waals surface area (Å²) in [5, 5.41) is 2.82. The molecule has 126 valence electrons. The Morgan fingerprint density at radius 1 is 1.38 bits per heavy atom. The number of aromatic amines is 1. The van der Waals surface area contributed by atoms with Crippen LogP contribution in [0.2, 0.25) is 0 Å². The molecule has 1 spiro atoms. The molecule has 0 aliphatic carbocycles. The largest absolute Gasteiger partial charge is 0.343 e. The van der Waals surface area contributed by atoms with Crippen LogP contribution < -0.4 is 5.56 Å². The first-order valence-electron chi connectivity index (χ1n) is 8.03. The van der Waals surface area contributed by atoms with Gasteiger partial charge in [0.25, 0.3) is 5.56 Å². The number of aryl methyl sites for hydroxylation is 1. The number of benzene rings is 1. The third-order valence-corrected chi connectivity index (χ3v) is 5.57. The Labute approximate surface area is 143 Å². The first-order valence-corrected chi connectivity index (χ1v) is 9.01. The lowest BCUT2D eigenvalue weighted by molar-refractivity contribution is -0.169. The molecule has 1 saturated heterocycles. The van der Waals surface area contributed by atoms with Gasteiger partial charge in [-0.1, -0.05) is 0 Å². The minimum Gasteiger partial charge on any atom is -0.343 e. The molecule has 1 aromatic carbocycles. The van der Waals surface area contributed by atoms with Gasteiger partial charge >= 0.3 is 0 Å². The molecule has 7 heteroatoms. The molecule has 0 radical (unpaired) electrons. The maximum absolute atomic E-state index is 12.8. The van der Waals surface area contributed by atoms with Crippen LogP contribution in [0.1, 0.15) is 34.8 Å². The molecular weight excluding hydrogens is 328 g/mol. The van der Waals surface area contributed by atoms with Crippen LogP contribution >= 0.6 is 11.8 Å². The van der Waals surface area contributed by atoms with Crippen molar-refractivity contribution in [1.29, 1.82) is 0 Å². The average molecular weight is 346 g/mol. The quantitative estimate of drug-likeness (QED) is 0.862. The zero-order valence-corrected chi connectivity index (χ0v) is 14.1. The van der Waals surface area contributed by atoms with Crippen LogP contribution in [0, 0.1) is 0 Å². The average Bonchev–Trinajstić information content (AvgIpc) is 3.21. The number of hydrogen-bond donors (Lipinski definition) is 1. The standard InChI is InChI=1S/C17H18N2O4S/c1-2-19-16(21)12(10-18-19)15(20)11-3-4-14-13(9-11)17(5-8-24-14)22-6-7-23-17/h3-4,9-10,18H,2,5-8H2,1H3. The fourth-order valence-electron chi connectivity index (χ4n) is 3.24.